The maximum Gasteiger partial charge on any atom is 0.245 e. The molecule has 0 saturated carbocycles. The minimum atomic E-state index is -0.00355. The third-order valence-electron chi connectivity index (χ3n) is 4.20. The Hall–Kier alpha value is -2.08. The molecule has 2 aromatic rings. The second-order valence-electron chi connectivity index (χ2n) is 5.80. The van der Waals surface area contributed by atoms with Crippen LogP contribution in [0.1, 0.15) is 0 Å². The zero-order chi connectivity index (χ0) is 16.5. The van der Waals surface area contributed by atoms with Crippen molar-refractivity contribution in [2.45, 2.75) is 0 Å². The number of nitrogens with zero attached hydrogens (tertiary/aromatic N) is 2. The SMILES string of the molecule is O=C(CN1CCOCC1)N1c2ccccc2Oc2ccc(Cl)cc21. The van der Waals surface area contributed by atoms with Gasteiger partial charge in [0.2, 0.25) is 5.91 Å². The van der Waals surface area contributed by atoms with E-state index in [1.165, 1.54) is 0 Å². The van der Waals surface area contributed by atoms with Crippen molar-refractivity contribution in [3.8, 4) is 11.5 Å². The van der Waals surface area contributed by atoms with Gasteiger partial charge in [-0.05, 0) is 30.3 Å². The number of hydrogen-bond acceptors (Lipinski definition) is 4. The van der Waals surface area contributed by atoms with Gasteiger partial charge in [0.05, 0.1) is 31.1 Å². The highest BCUT2D eigenvalue weighted by molar-refractivity contribution is 6.31. The Kier molecular flexibility index (Phi) is 4.14. The molecular formula is C18H17ClN2O3. The Morgan fingerprint density at radius 2 is 1.79 bits per heavy atom. The molecular weight excluding hydrogens is 328 g/mol. The fourth-order valence-corrected chi connectivity index (χ4v) is 3.18. The van der Waals surface area contributed by atoms with Crippen molar-refractivity contribution < 1.29 is 14.3 Å². The standard InChI is InChI=1S/C18H17ClN2O3/c19-13-5-6-17-15(11-13)21(14-3-1-2-4-16(14)24-17)18(22)12-20-7-9-23-10-8-20/h1-6,11H,7-10,12H2. The number of carbonyl (C=O) groups is 1. The number of amides is 1. The molecule has 0 atom stereocenters. The van der Waals surface area contributed by atoms with Gasteiger partial charge in [-0.25, -0.2) is 0 Å². The number of rotatable bonds is 2. The lowest BCUT2D eigenvalue weighted by Gasteiger charge is -2.33. The van der Waals surface area contributed by atoms with Crippen LogP contribution in [0.4, 0.5) is 11.4 Å². The van der Waals surface area contributed by atoms with Crippen LogP contribution in [0.5, 0.6) is 11.5 Å². The molecule has 2 aliphatic heterocycles. The van der Waals surface area contributed by atoms with Crippen molar-refractivity contribution in [3.05, 3.63) is 47.5 Å². The molecule has 1 saturated heterocycles. The average molecular weight is 345 g/mol. The van der Waals surface area contributed by atoms with Gasteiger partial charge in [0, 0.05) is 18.1 Å². The van der Waals surface area contributed by atoms with Gasteiger partial charge in [-0.1, -0.05) is 23.7 Å². The second-order valence-corrected chi connectivity index (χ2v) is 6.24. The van der Waals surface area contributed by atoms with Crippen LogP contribution in [0.3, 0.4) is 0 Å². The number of morpholine rings is 1. The van der Waals surface area contributed by atoms with Crippen molar-refractivity contribution in [1.29, 1.82) is 0 Å². The molecule has 2 heterocycles. The first-order valence-corrected chi connectivity index (χ1v) is 8.30. The Balaban J connectivity index is 1.70. The van der Waals surface area contributed by atoms with E-state index in [4.69, 9.17) is 21.1 Å². The summed E-state index contributed by atoms with van der Waals surface area (Å²) in [5.41, 5.74) is 1.42. The van der Waals surface area contributed by atoms with Crippen LogP contribution in [0.2, 0.25) is 5.02 Å². The molecule has 4 rings (SSSR count). The largest absolute Gasteiger partial charge is 0.453 e. The first-order valence-electron chi connectivity index (χ1n) is 7.92. The van der Waals surface area contributed by atoms with E-state index in [0.717, 1.165) is 18.8 Å². The zero-order valence-corrected chi connectivity index (χ0v) is 13.8. The van der Waals surface area contributed by atoms with Gasteiger partial charge in [-0.2, -0.15) is 0 Å². The average Bonchev–Trinajstić information content (AvgIpc) is 2.60. The molecule has 24 heavy (non-hydrogen) atoms. The molecule has 5 nitrogen and oxygen atoms in total. The smallest absolute Gasteiger partial charge is 0.245 e. The molecule has 0 aliphatic carbocycles. The Bertz CT molecular complexity index is 775. The lowest BCUT2D eigenvalue weighted by atomic mass is 10.1. The summed E-state index contributed by atoms with van der Waals surface area (Å²) >= 11 is 6.15. The molecule has 0 radical (unpaired) electrons. The van der Waals surface area contributed by atoms with E-state index in [1.54, 1.807) is 23.1 Å². The summed E-state index contributed by atoms with van der Waals surface area (Å²) in [5, 5.41) is 0.570. The van der Waals surface area contributed by atoms with Crippen LogP contribution in [0, 0.1) is 0 Å². The summed E-state index contributed by atoms with van der Waals surface area (Å²) in [4.78, 5) is 16.9. The molecule has 0 aromatic heterocycles. The number of hydrogen-bond donors (Lipinski definition) is 0. The van der Waals surface area contributed by atoms with Crippen LogP contribution in [-0.4, -0.2) is 43.7 Å². The minimum absolute atomic E-state index is 0.00355. The first-order chi connectivity index (χ1) is 11.7. The highest BCUT2D eigenvalue weighted by Crippen LogP contribution is 2.47. The molecule has 1 fully saturated rings. The maximum atomic E-state index is 13.0. The molecule has 2 aromatic carbocycles. The quantitative estimate of drug-likeness (QED) is 0.837. The van der Waals surface area contributed by atoms with Gasteiger partial charge in [-0.3, -0.25) is 14.6 Å². The van der Waals surface area contributed by atoms with E-state index in [1.807, 2.05) is 24.3 Å². The van der Waals surface area contributed by atoms with Crippen LogP contribution < -0.4 is 9.64 Å². The number of benzene rings is 2. The van der Waals surface area contributed by atoms with E-state index < -0.39 is 0 Å². The zero-order valence-electron chi connectivity index (χ0n) is 13.1. The molecule has 124 valence electrons. The van der Waals surface area contributed by atoms with Crippen LogP contribution in [-0.2, 0) is 9.53 Å². The summed E-state index contributed by atoms with van der Waals surface area (Å²) in [6.07, 6.45) is 0. The van der Waals surface area contributed by atoms with E-state index in [0.29, 0.717) is 42.0 Å². The third-order valence-corrected chi connectivity index (χ3v) is 4.44. The van der Waals surface area contributed by atoms with E-state index in [-0.39, 0.29) is 5.91 Å². The second kappa shape index (κ2) is 6.43. The molecule has 0 N–H and O–H groups in total. The van der Waals surface area contributed by atoms with Crippen LogP contribution in [0.15, 0.2) is 42.5 Å². The number of ether oxygens (including phenoxy) is 2. The van der Waals surface area contributed by atoms with Gasteiger partial charge in [0.25, 0.3) is 0 Å². The van der Waals surface area contributed by atoms with Gasteiger partial charge in [0.1, 0.15) is 0 Å². The minimum Gasteiger partial charge on any atom is -0.453 e. The summed E-state index contributed by atoms with van der Waals surface area (Å²) in [5.74, 6) is 1.30. The molecule has 0 bridgehead atoms. The highest BCUT2D eigenvalue weighted by atomic mass is 35.5. The van der Waals surface area contributed by atoms with Gasteiger partial charge < -0.3 is 9.47 Å². The summed E-state index contributed by atoms with van der Waals surface area (Å²) < 4.78 is 11.3. The third kappa shape index (κ3) is 2.86. The predicted molar refractivity (Wildman–Crippen MR) is 92.4 cm³/mol. The fourth-order valence-electron chi connectivity index (χ4n) is 3.02. The maximum absolute atomic E-state index is 13.0. The van der Waals surface area contributed by atoms with Crippen molar-refractivity contribution in [1.82, 2.24) is 4.90 Å². The number of carbonyl (C=O) groups excluding carboxylic acids is 1. The van der Waals surface area contributed by atoms with Crippen molar-refractivity contribution in [2.24, 2.45) is 0 Å². The fraction of sp³-hybridized carbons (Fsp3) is 0.278. The summed E-state index contributed by atoms with van der Waals surface area (Å²) in [7, 11) is 0. The topological polar surface area (TPSA) is 42.0 Å². The van der Waals surface area contributed by atoms with Crippen LogP contribution in [0.25, 0.3) is 0 Å². The first kappa shape index (κ1) is 15.4. The lowest BCUT2D eigenvalue weighted by Crippen LogP contribution is -2.44. The molecule has 2 aliphatic rings. The normalized spacial score (nSPS) is 17.0. The van der Waals surface area contributed by atoms with Gasteiger partial charge in [0.15, 0.2) is 11.5 Å². The summed E-state index contributed by atoms with van der Waals surface area (Å²) in [6.45, 7) is 3.19. The van der Waals surface area contributed by atoms with E-state index in [9.17, 15) is 4.79 Å². The molecule has 0 unspecified atom stereocenters. The van der Waals surface area contributed by atoms with Crippen LogP contribution >= 0.6 is 11.6 Å². The van der Waals surface area contributed by atoms with E-state index >= 15 is 0 Å². The lowest BCUT2D eigenvalue weighted by molar-refractivity contribution is -0.120. The van der Waals surface area contributed by atoms with Gasteiger partial charge >= 0.3 is 0 Å². The number of anilines is 2. The van der Waals surface area contributed by atoms with Crippen molar-refractivity contribution in [3.63, 3.8) is 0 Å². The number of fused-ring (bicyclic) bond motifs is 2. The van der Waals surface area contributed by atoms with Crippen molar-refractivity contribution >= 4 is 28.9 Å². The monoisotopic (exact) mass is 344 g/mol. The Morgan fingerprint density at radius 3 is 2.62 bits per heavy atom. The number of halogens is 1. The van der Waals surface area contributed by atoms with E-state index in [2.05, 4.69) is 4.90 Å². The molecule has 1 amide bonds. The Morgan fingerprint density at radius 1 is 1.04 bits per heavy atom. The summed E-state index contributed by atoms with van der Waals surface area (Å²) in [6, 6.07) is 12.9. The van der Waals surface area contributed by atoms with Gasteiger partial charge in [-0.15, -0.1) is 0 Å². The molecule has 0 spiro atoms. The predicted octanol–water partition coefficient (Wildman–Crippen LogP) is 3.44. The van der Waals surface area contributed by atoms with Crippen molar-refractivity contribution in [2.75, 3.05) is 37.7 Å². The highest BCUT2D eigenvalue weighted by Gasteiger charge is 2.30. The Labute approximate surface area is 145 Å². The molecule has 6 heteroatoms. The number of para-hydroxylation sites is 2.